The van der Waals surface area contributed by atoms with Gasteiger partial charge in [-0.3, -0.25) is 9.89 Å². The summed E-state index contributed by atoms with van der Waals surface area (Å²) >= 11 is 0. The van der Waals surface area contributed by atoms with Crippen molar-refractivity contribution < 1.29 is 4.79 Å². The minimum atomic E-state index is -0.155. The Hall–Kier alpha value is -2.17. The minimum Gasteiger partial charge on any atom is -0.346 e. The molecule has 0 radical (unpaired) electrons. The van der Waals surface area contributed by atoms with Gasteiger partial charge >= 0.3 is 0 Å². The van der Waals surface area contributed by atoms with Crippen molar-refractivity contribution in [2.75, 3.05) is 0 Å². The van der Waals surface area contributed by atoms with Gasteiger partial charge in [-0.2, -0.15) is 5.10 Å². The van der Waals surface area contributed by atoms with Crippen molar-refractivity contribution in [1.29, 1.82) is 0 Å². The first kappa shape index (κ1) is 13.8. The van der Waals surface area contributed by atoms with Crippen molar-refractivity contribution in [3.05, 3.63) is 47.0 Å². The van der Waals surface area contributed by atoms with Gasteiger partial charge in [0.15, 0.2) is 0 Å². The van der Waals surface area contributed by atoms with Gasteiger partial charge in [-0.1, -0.05) is 18.2 Å². The number of aromatic amines is 1. The number of hydrogen-bond donors (Lipinski definition) is 2. The highest BCUT2D eigenvalue weighted by molar-refractivity contribution is 5.79. The van der Waals surface area contributed by atoms with Gasteiger partial charge in [0.25, 0.3) is 0 Å². The van der Waals surface area contributed by atoms with E-state index in [1.807, 2.05) is 6.92 Å². The lowest BCUT2D eigenvalue weighted by molar-refractivity contribution is -0.121. The van der Waals surface area contributed by atoms with Crippen molar-refractivity contribution in [1.82, 2.24) is 20.5 Å². The van der Waals surface area contributed by atoms with Crippen molar-refractivity contribution in [2.24, 2.45) is 0 Å². The molecule has 0 fully saturated rings. The second kappa shape index (κ2) is 6.08. The zero-order valence-electron chi connectivity index (χ0n) is 12.2. The monoisotopic (exact) mass is 284 g/mol. The van der Waals surface area contributed by atoms with Crippen LogP contribution in [-0.4, -0.2) is 21.1 Å². The fourth-order valence-corrected chi connectivity index (χ4v) is 2.87. The van der Waals surface area contributed by atoms with Crippen LogP contribution in [0.5, 0.6) is 0 Å². The molecule has 5 heteroatoms. The normalized spacial score (nSPS) is 15.3. The molecule has 0 spiro atoms. The molecular weight excluding hydrogens is 264 g/mol. The number of amides is 1. The Kier molecular flexibility index (Phi) is 3.99. The zero-order valence-corrected chi connectivity index (χ0v) is 12.2. The van der Waals surface area contributed by atoms with E-state index in [1.54, 1.807) is 0 Å². The van der Waals surface area contributed by atoms with Crippen LogP contribution < -0.4 is 5.32 Å². The molecule has 5 nitrogen and oxygen atoms in total. The predicted molar refractivity (Wildman–Crippen MR) is 79.7 cm³/mol. The summed E-state index contributed by atoms with van der Waals surface area (Å²) in [6, 6.07) is 6.28. The maximum Gasteiger partial charge on any atom is 0.224 e. The molecule has 0 saturated carbocycles. The fraction of sp³-hybridized carbons (Fsp3) is 0.438. The van der Waals surface area contributed by atoms with Crippen LogP contribution in [-0.2, 0) is 24.1 Å². The highest BCUT2D eigenvalue weighted by Crippen LogP contribution is 2.22. The van der Waals surface area contributed by atoms with E-state index in [0.29, 0.717) is 12.2 Å². The Morgan fingerprint density at radius 2 is 2.14 bits per heavy atom. The molecule has 2 aromatic rings. The molecule has 1 aliphatic carbocycles. The first-order chi connectivity index (χ1) is 10.2. The number of fused-ring (bicyclic) bond motifs is 1. The van der Waals surface area contributed by atoms with Crippen molar-refractivity contribution >= 4 is 5.91 Å². The summed E-state index contributed by atoms with van der Waals surface area (Å²) in [7, 11) is 0. The van der Waals surface area contributed by atoms with Crippen molar-refractivity contribution in [2.45, 2.75) is 45.1 Å². The molecule has 0 saturated heterocycles. The predicted octanol–water partition coefficient (Wildman–Crippen LogP) is 2.10. The van der Waals surface area contributed by atoms with Crippen LogP contribution >= 0.6 is 0 Å². The Bertz CT molecular complexity index is 621. The third kappa shape index (κ3) is 3.29. The Morgan fingerprint density at radius 3 is 2.90 bits per heavy atom. The smallest absolute Gasteiger partial charge is 0.224 e. The number of carbonyl (C=O) groups is 1. The van der Waals surface area contributed by atoms with Gasteiger partial charge in [0, 0.05) is 0 Å². The molecule has 1 amide bonds. The van der Waals surface area contributed by atoms with Crippen molar-refractivity contribution in [3.63, 3.8) is 0 Å². The summed E-state index contributed by atoms with van der Waals surface area (Å²) < 4.78 is 0. The largest absolute Gasteiger partial charge is 0.346 e. The molecule has 1 aromatic carbocycles. The van der Waals surface area contributed by atoms with Gasteiger partial charge in [-0.15, -0.1) is 0 Å². The van der Waals surface area contributed by atoms with E-state index in [0.717, 1.165) is 12.0 Å². The van der Waals surface area contributed by atoms with E-state index in [4.69, 9.17) is 0 Å². The van der Waals surface area contributed by atoms with E-state index >= 15 is 0 Å². The lowest BCUT2D eigenvalue weighted by Gasteiger charge is -2.17. The summed E-state index contributed by atoms with van der Waals surface area (Å²) in [5.74, 6) is 0.684. The van der Waals surface area contributed by atoms with Gasteiger partial charge in [0.05, 0.1) is 12.5 Å². The number of hydrogen-bond acceptors (Lipinski definition) is 3. The standard InChI is InChI=1S/C16H20N4O/c1-11(16-17-10-18-20-16)19-15(21)9-12-6-7-13-4-2-3-5-14(13)8-12/h6-8,10-11H,2-5,9H2,1H3,(H,19,21)(H,17,18,20). The van der Waals surface area contributed by atoms with Crippen LogP contribution in [0.15, 0.2) is 24.5 Å². The first-order valence-corrected chi connectivity index (χ1v) is 7.47. The number of nitrogens with zero attached hydrogens (tertiary/aromatic N) is 2. The number of nitrogens with one attached hydrogen (secondary N) is 2. The fourth-order valence-electron chi connectivity index (χ4n) is 2.87. The minimum absolute atomic E-state index is 0.00894. The number of benzene rings is 1. The molecule has 1 atom stereocenters. The third-order valence-electron chi connectivity index (χ3n) is 4.00. The van der Waals surface area contributed by atoms with Crippen LogP contribution in [0.1, 0.15) is 48.3 Å². The summed E-state index contributed by atoms with van der Waals surface area (Å²) in [5.41, 5.74) is 3.94. The highest BCUT2D eigenvalue weighted by atomic mass is 16.1. The van der Waals surface area contributed by atoms with Crippen LogP contribution in [0.25, 0.3) is 0 Å². The van der Waals surface area contributed by atoms with Gasteiger partial charge < -0.3 is 5.32 Å². The van der Waals surface area contributed by atoms with Crippen LogP contribution in [0, 0.1) is 0 Å². The number of carbonyl (C=O) groups excluding carboxylic acids is 1. The molecule has 0 bridgehead atoms. The molecule has 1 unspecified atom stereocenters. The quantitative estimate of drug-likeness (QED) is 0.903. The number of aromatic nitrogens is 3. The lowest BCUT2D eigenvalue weighted by Crippen LogP contribution is -2.28. The summed E-state index contributed by atoms with van der Waals surface area (Å²) in [6.45, 7) is 1.89. The molecular formula is C16H20N4O. The van der Waals surface area contributed by atoms with Gasteiger partial charge in [0.2, 0.25) is 5.91 Å². The number of rotatable bonds is 4. The van der Waals surface area contributed by atoms with E-state index in [9.17, 15) is 4.79 Å². The van der Waals surface area contributed by atoms with Gasteiger partial charge in [-0.25, -0.2) is 4.98 Å². The summed E-state index contributed by atoms with van der Waals surface area (Å²) in [4.78, 5) is 16.2. The van der Waals surface area contributed by atoms with Gasteiger partial charge in [-0.05, 0) is 49.3 Å². The van der Waals surface area contributed by atoms with E-state index in [-0.39, 0.29) is 11.9 Å². The molecule has 0 aliphatic heterocycles. The van der Waals surface area contributed by atoms with E-state index < -0.39 is 0 Å². The first-order valence-electron chi connectivity index (χ1n) is 7.47. The average Bonchev–Trinajstić information content (AvgIpc) is 3.01. The number of aryl methyl sites for hydroxylation is 2. The average molecular weight is 284 g/mol. The summed E-state index contributed by atoms with van der Waals surface area (Å²) in [6.07, 6.45) is 6.70. The Labute approximate surface area is 124 Å². The summed E-state index contributed by atoms with van der Waals surface area (Å²) in [5, 5.41) is 9.50. The Balaban J connectivity index is 1.62. The maximum atomic E-state index is 12.1. The second-order valence-corrected chi connectivity index (χ2v) is 5.65. The SMILES string of the molecule is CC(NC(=O)Cc1ccc2c(c1)CCCC2)c1ncn[nH]1. The molecule has 3 rings (SSSR count). The van der Waals surface area contributed by atoms with Gasteiger partial charge in [0.1, 0.15) is 12.2 Å². The molecule has 1 heterocycles. The number of H-pyrrole nitrogens is 1. The second-order valence-electron chi connectivity index (χ2n) is 5.65. The van der Waals surface area contributed by atoms with Crippen LogP contribution in [0.2, 0.25) is 0 Å². The lowest BCUT2D eigenvalue weighted by atomic mass is 9.90. The molecule has 21 heavy (non-hydrogen) atoms. The molecule has 2 N–H and O–H groups in total. The van der Waals surface area contributed by atoms with Crippen LogP contribution in [0.4, 0.5) is 0 Å². The van der Waals surface area contributed by atoms with E-state index in [1.165, 1.54) is 36.7 Å². The molecule has 1 aliphatic rings. The van der Waals surface area contributed by atoms with Crippen LogP contribution in [0.3, 0.4) is 0 Å². The molecule has 110 valence electrons. The maximum absolute atomic E-state index is 12.1. The highest BCUT2D eigenvalue weighted by Gasteiger charge is 2.14. The van der Waals surface area contributed by atoms with Crippen molar-refractivity contribution in [3.8, 4) is 0 Å². The zero-order chi connectivity index (χ0) is 14.7. The third-order valence-corrected chi connectivity index (χ3v) is 4.00. The Morgan fingerprint density at radius 1 is 1.33 bits per heavy atom. The molecule has 1 aromatic heterocycles. The topological polar surface area (TPSA) is 70.7 Å². The van der Waals surface area contributed by atoms with E-state index in [2.05, 4.69) is 38.7 Å².